The maximum atomic E-state index is 12.0. The highest BCUT2D eigenvalue weighted by atomic mass is 16.1. The molecule has 1 amide bonds. The smallest absolute Gasteiger partial charge is 0.223 e. The number of hydrogen-bond acceptors (Lipinski definition) is 1. The van der Waals surface area contributed by atoms with Crippen LogP contribution in [0.15, 0.2) is 24.3 Å². The summed E-state index contributed by atoms with van der Waals surface area (Å²) in [4.78, 5) is 12.0. The quantitative estimate of drug-likeness (QED) is 0.849. The molecule has 2 rings (SSSR count). The summed E-state index contributed by atoms with van der Waals surface area (Å²) in [5.41, 5.74) is 2.44. The molecule has 0 radical (unpaired) electrons. The van der Waals surface area contributed by atoms with E-state index in [0.717, 1.165) is 12.8 Å². The van der Waals surface area contributed by atoms with E-state index in [2.05, 4.69) is 43.4 Å². The van der Waals surface area contributed by atoms with Gasteiger partial charge in [0.1, 0.15) is 0 Å². The van der Waals surface area contributed by atoms with Gasteiger partial charge in [-0.25, -0.2) is 0 Å². The predicted molar refractivity (Wildman–Crippen MR) is 69.7 cm³/mol. The first-order valence-electron chi connectivity index (χ1n) is 6.54. The molecular formula is C15H21NO. The summed E-state index contributed by atoms with van der Waals surface area (Å²) in [6.45, 7) is 4.13. The van der Waals surface area contributed by atoms with Crippen LogP contribution in [0.25, 0.3) is 0 Å². The fourth-order valence-electron chi connectivity index (χ4n) is 2.46. The van der Waals surface area contributed by atoms with Crippen LogP contribution in [0.1, 0.15) is 49.8 Å². The van der Waals surface area contributed by atoms with Gasteiger partial charge >= 0.3 is 0 Å². The van der Waals surface area contributed by atoms with Crippen molar-refractivity contribution in [2.24, 2.45) is 5.92 Å². The molecule has 0 saturated heterocycles. The van der Waals surface area contributed by atoms with Crippen LogP contribution in [0.2, 0.25) is 0 Å². The lowest BCUT2D eigenvalue weighted by atomic mass is 10.0. The minimum Gasteiger partial charge on any atom is -0.349 e. The Hall–Kier alpha value is -1.31. The van der Waals surface area contributed by atoms with Crippen molar-refractivity contribution < 1.29 is 4.79 Å². The van der Waals surface area contributed by atoms with Crippen molar-refractivity contribution in [3.8, 4) is 0 Å². The minimum atomic E-state index is 0.115. The average Bonchev–Trinajstić information content (AvgIpc) is 2.83. The SMILES string of the molecule is Cc1ccc([C@H](C)NC(=O)C2CCCC2)cc1. The van der Waals surface area contributed by atoms with Crippen LogP contribution in [0.4, 0.5) is 0 Å². The molecule has 1 aliphatic carbocycles. The predicted octanol–water partition coefficient (Wildman–Crippen LogP) is 3.36. The number of nitrogens with one attached hydrogen (secondary N) is 1. The van der Waals surface area contributed by atoms with E-state index in [0.29, 0.717) is 0 Å². The molecule has 0 heterocycles. The molecule has 1 aromatic rings. The van der Waals surface area contributed by atoms with Gasteiger partial charge in [0.2, 0.25) is 5.91 Å². The maximum Gasteiger partial charge on any atom is 0.223 e. The highest BCUT2D eigenvalue weighted by molar-refractivity contribution is 5.79. The second-order valence-corrected chi connectivity index (χ2v) is 5.12. The number of aryl methyl sites for hydroxylation is 1. The van der Waals surface area contributed by atoms with Gasteiger partial charge in [0.15, 0.2) is 0 Å². The Balaban J connectivity index is 1.93. The Labute approximate surface area is 103 Å². The summed E-state index contributed by atoms with van der Waals surface area (Å²) < 4.78 is 0. The normalized spacial score (nSPS) is 18.0. The van der Waals surface area contributed by atoms with Gasteiger partial charge in [0.05, 0.1) is 6.04 Å². The molecule has 0 bridgehead atoms. The number of rotatable bonds is 3. The summed E-state index contributed by atoms with van der Waals surface area (Å²) in [5, 5.41) is 3.12. The van der Waals surface area contributed by atoms with E-state index in [1.165, 1.54) is 24.0 Å². The molecule has 1 atom stereocenters. The highest BCUT2D eigenvalue weighted by Crippen LogP contribution is 2.25. The lowest BCUT2D eigenvalue weighted by molar-refractivity contribution is -0.125. The standard InChI is InChI=1S/C15H21NO/c1-11-7-9-13(10-8-11)12(2)16-15(17)14-5-3-4-6-14/h7-10,12,14H,3-6H2,1-2H3,(H,16,17)/t12-/m0/s1. The first-order chi connectivity index (χ1) is 8.16. The average molecular weight is 231 g/mol. The Morgan fingerprint density at radius 2 is 1.82 bits per heavy atom. The van der Waals surface area contributed by atoms with Crippen LogP contribution >= 0.6 is 0 Å². The van der Waals surface area contributed by atoms with Crippen molar-refractivity contribution in [2.45, 2.75) is 45.6 Å². The zero-order valence-corrected chi connectivity index (χ0v) is 10.7. The molecule has 1 fully saturated rings. The number of benzene rings is 1. The third kappa shape index (κ3) is 3.09. The molecule has 0 spiro atoms. The van der Waals surface area contributed by atoms with E-state index in [1.54, 1.807) is 0 Å². The van der Waals surface area contributed by atoms with E-state index >= 15 is 0 Å². The fourth-order valence-corrected chi connectivity index (χ4v) is 2.46. The van der Waals surface area contributed by atoms with Crippen LogP contribution in [-0.2, 0) is 4.79 Å². The zero-order valence-electron chi connectivity index (χ0n) is 10.7. The maximum absolute atomic E-state index is 12.0. The van der Waals surface area contributed by atoms with Crippen LogP contribution in [0.3, 0.4) is 0 Å². The Bertz CT molecular complexity index is 376. The van der Waals surface area contributed by atoms with Gasteiger partial charge in [-0.3, -0.25) is 4.79 Å². The largest absolute Gasteiger partial charge is 0.349 e. The second kappa shape index (κ2) is 5.35. The van der Waals surface area contributed by atoms with Crippen molar-refractivity contribution in [1.82, 2.24) is 5.32 Å². The molecule has 92 valence electrons. The van der Waals surface area contributed by atoms with Crippen molar-refractivity contribution in [1.29, 1.82) is 0 Å². The summed E-state index contributed by atoms with van der Waals surface area (Å²) in [7, 11) is 0. The lowest BCUT2D eigenvalue weighted by Crippen LogP contribution is -2.31. The van der Waals surface area contributed by atoms with Crippen LogP contribution < -0.4 is 5.32 Å². The van der Waals surface area contributed by atoms with Crippen molar-refractivity contribution in [3.63, 3.8) is 0 Å². The van der Waals surface area contributed by atoms with E-state index in [9.17, 15) is 4.79 Å². The second-order valence-electron chi connectivity index (χ2n) is 5.12. The van der Waals surface area contributed by atoms with E-state index < -0.39 is 0 Å². The van der Waals surface area contributed by atoms with Gasteiger partial charge in [-0.2, -0.15) is 0 Å². The molecule has 0 aromatic heterocycles. The monoisotopic (exact) mass is 231 g/mol. The first-order valence-corrected chi connectivity index (χ1v) is 6.54. The van der Waals surface area contributed by atoms with Gasteiger partial charge < -0.3 is 5.32 Å². The Morgan fingerprint density at radius 3 is 2.41 bits per heavy atom. The summed E-state index contributed by atoms with van der Waals surface area (Å²) >= 11 is 0. The lowest BCUT2D eigenvalue weighted by Gasteiger charge is -2.17. The van der Waals surface area contributed by atoms with Gasteiger partial charge in [0.25, 0.3) is 0 Å². The van der Waals surface area contributed by atoms with E-state index in [-0.39, 0.29) is 17.9 Å². The van der Waals surface area contributed by atoms with E-state index in [1.807, 2.05) is 0 Å². The minimum absolute atomic E-state index is 0.115. The molecular weight excluding hydrogens is 210 g/mol. The van der Waals surface area contributed by atoms with Crippen molar-refractivity contribution in [2.75, 3.05) is 0 Å². The topological polar surface area (TPSA) is 29.1 Å². The molecule has 1 N–H and O–H groups in total. The highest BCUT2D eigenvalue weighted by Gasteiger charge is 2.23. The van der Waals surface area contributed by atoms with E-state index in [4.69, 9.17) is 0 Å². The number of hydrogen-bond donors (Lipinski definition) is 1. The summed E-state index contributed by atoms with van der Waals surface area (Å²) in [6, 6.07) is 8.48. The number of carbonyl (C=O) groups excluding carboxylic acids is 1. The summed E-state index contributed by atoms with van der Waals surface area (Å²) in [5.74, 6) is 0.485. The van der Waals surface area contributed by atoms with Crippen molar-refractivity contribution in [3.05, 3.63) is 35.4 Å². The molecule has 1 aliphatic rings. The third-order valence-corrected chi connectivity index (χ3v) is 3.66. The summed E-state index contributed by atoms with van der Waals surface area (Å²) in [6.07, 6.45) is 4.53. The third-order valence-electron chi connectivity index (χ3n) is 3.66. The molecule has 1 aromatic carbocycles. The van der Waals surface area contributed by atoms with Crippen LogP contribution in [0.5, 0.6) is 0 Å². The molecule has 1 saturated carbocycles. The van der Waals surface area contributed by atoms with Gasteiger partial charge in [-0.15, -0.1) is 0 Å². The molecule has 0 aliphatic heterocycles. The van der Waals surface area contributed by atoms with Crippen molar-refractivity contribution >= 4 is 5.91 Å². The molecule has 2 heteroatoms. The van der Waals surface area contributed by atoms with Gasteiger partial charge in [0, 0.05) is 5.92 Å². The van der Waals surface area contributed by atoms with Crippen LogP contribution in [0, 0.1) is 12.8 Å². The molecule has 0 unspecified atom stereocenters. The van der Waals surface area contributed by atoms with Gasteiger partial charge in [-0.1, -0.05) is 42.7 Å². The van der Waals surface area contributed by atoms with Gasteiger partial charge in [-0.05, 0) is 32.3 Å². The fraction of sp³-hybridized carbons (Fsp3) is 0.533. The number of carbonyl (C=O) groups is 1. The molecule has 2 nitrogen and oxygen atoms in total. The first kappa shape index (κ1) is 12.2. The Morgan fingerprint density at radius 1 is 1.24 bits per heavy atom. The number of amides is 1. The van der Waals surface area contributed by atoms with Crippen LogP contribution in [-0.4, -0.2) is 5.91 Å². The Kier molecular flexibility index (Phi) is 3.82. The zero-order chi connectivity index (χ0) is 12.3. The molecule has 17 heavy (non-hydrogen) atoms.